The zero-order valence-corrected chi connectivity index (χ0v) is 30.9. The number of ketones is 1. The molecule has 0 spiro atoms. The summed E-state index contributed by atoms with van der Waals surface area (Å²) in [5.74, 6) is 1.69. The normalized spacial score (nSPS) is 13.9. The van der Waals surface area contributed by atoms with Gasteiger partial charge in [0.25, 0.3) is 0 Å². The monoisotopic (exact) mass is 716 g/mol. The van der Waals surface area contributed by atoms with E-state index in [1.807, 2.05) is 83.1 Å². The molecule has 5 rings (SSSR count). The van der Waals surface area contributed by atoms with E-state index in [4.69, 9.17) is 27.9 Å². The van der Waals surface area contributed by atoms with Crippen LogP contribution in [0.25, 0.3) is 0 Å². The average Bonchev–Trinajstić information content (AvgIpc) is 3.38. The Balaban J connectivity index is 0.000000336. The second-order valence-electron chi connectivity index (χ2n) is 13.2. The Labute approximate surface area is 319 Å². The van der Waals surface area contributed by atoms with Crippen LogP contribution in [0.4, 0.5) is 5.69 Å². The third-order valence-electron chi connectivity index (χ3n) is 8.18. The van der Waals surface area contributed by atoms with E-state index < -0.39 is 0 Å². The van der Waals surface area contributed by atoms with Gasteiger partial charge in [0.1, 0.15) is 18.2 Å². The number of anilines is 1. The molecule has 266 valence electrons. The van der Waals surface area contributed by atoms with Crippen LogP contribution in [-0.2, 0) is 19.5 Å². The number of carbonyl (C=O) groups is 1. The summed E-state index contributed by atoms with van der Waals surface area (Å²) in [5, 5.41) is 9.18. The number of rotatable bonds is 13. The summed E-state index contributed by atoms with van der Waals surface area (Å²) in [6.45, 7) is 16.5. The molecular formula is C38H51Cl2LiN6O3. The van der Waals surface area contributed by atoms with Crippen LogP contribution in [0.1, 0.15) is 57.2 Å². The fourth-order valence-electron chi connectivity index (χ4n) is 5.84. The van der Waals surface area contributed by atoms with Crippen LogP contribution in [0.5, 0.6) is 5.75 Å². The predicted molar refractivity (Wildman–Crippen MR) is 208 cm³/mol. The van der Waals surface area contributed by atoms with Crippen molar-refractivity contribution >= 4 is 53.5 Å². The minimum atomic E-state index is -0.210. The van der Waals surface area contributed by atoms with Crippen LogP contribution in [-0.4, -0.2) is 94.8 Å². The number of hydrogen-bond donors (Lipinski definition) is 1. The van der Waals surface area contributed by atoms with Gasteiger partial charge in [-0.25, -0.2) is 9.48 Å². The Morgan fingerprint density at radius 1 is 0.900 bits per heavy atom. The van der Waals surface area contributed by atoms with Crippen molar-refractivity contribution in [2.75, 3.05) is 44.2 Å². The molecule has 1 aliphatic heterocycles. The van der Waals surface area contributed by atoms with E-state index >= 15 is 0 Å². The van der Waals surface area contributed by atoms with E-state index in [0.717, 1.165) is 62.2 Å². The summed E-state index contributed by atoms with van der Waals surface area (Å²) in [5.41, 5.74) is 1.71. The van der Waals surface area contributed by atoms with Crippen LogP contribution >= 0.6 is 23.2 Å². The van der Waals surface area contributed by atoms with Gasteiger partial charge in [-0.15, -0.1) is 0 Å². The number of carbonyl (C=O) groups excluding carboxylic acids is 1. The maximum absolute atomic E-state index is 12.9. The Kier molecular flexibility index (Phi) is 16.7. The number of para-hydroxylation sites is 1. The molecule has 1 aliphatic rings. The molecule has 0 radical (unpaired) electrons. The summed E-state index contributed by atoms with van der Waals surface area (Å²) in [4.78, 5) is 29.8. The van der Waals surface area contributed by atoms with Gasteiger partial charge in [-0.2, -0.15) is 5.10 Å². The van der Waals surface area contributed by atoms with Gasteiger partial charge in [0, 0.05) is 72.5 Å². The standard InChI is InChI=1S/C25H32ClN5O2.C13H18ClNO.Li.H/c1-2-24-27-31(25(32)30(24)18-19-33-23-10-4-3-5-11-23)13-7-12-28-14-16-29(17-15-28)22-9-6-8-21(26)20-22;1-9(15-13(2,3)4)12(16)10-6-5-7-11(14)8-10;;/h3-6,8-11,20H,2,7,12-19H2,1H3;5-9,15H,1-4H3;;. The van der Waals surface area contributed by atoms with Gasteiger partial charge < -0.3 is 15.0 Å². The topological polar surface area (TPSA) is 84.6 Å². The van der Waals surface area contributed by atoms with Gasteiger partial charge >= 0.3 is 24.6 Å². The number of halogens is 2. The number of hydrogen-bond acceptors (Lipinski definition) is 7. The molecule has 1 atom stereocenters. The van der Waals surface area contributed by atoms with Gasteiger partial charge in [-0.05, 0) is 76.6 Å². The molecular weight excluding hydrogens is 666 g/mol. The minimum absolute atomic E-state index is 0. The van der Waals surface area contributed by atoms with Crippen LogP contribution < -0.4 is 20.6 Å². The number of nitrogens with zero attached hydrogens (tertiary/aromatic N) is 5. The first-order valence-corrected chi connectivity index (χ1v) is 17.8. The molecule has 1 N–H and O–H groups in total. The molecule has 2 heterocycles. The van der Waals surface area contributed by atoms with Crippen molar-refractivity contribution in [1.29, 1.82) is 0 Å². The van der Waals surface area contributed by atoms with Crippen molar-refractivity contribution in [2.24, 2.45) is 0 Å². The third kappa shape index (κ3) is 12.9. The zero-order chi connectivity index (χ0) is 35.4. The molecule has 1 saturated heterocycles. The van der Waals surface area contributed by atoms with Crippen LogP contribution in [0.15, 0.2) is 83.7 Å². The third-order valence-corrected chi connectivity index (χ3v) is 8.65. The number of Topliss-reactive ketones (excluding diaryl/α,β-unsaturated/α-hetero) is 1. The van der Waals surface area contributed by atoms with Gasteiger partial charge in [0.05, 0.1) is 12.6 Å². The first kappa shape index (κ1) is 41.4. The summed E-state index contributed by atoms with van der Waals surface area (Å²) >= 11 is 12.0. The Hall–Kier alpha value is -3.03. The number of aryl methyl sites for hydroxylation is 2. The van der Waals surface area contributed by atoms with Crippen molar-refractivity contribution < 1.29 is 9.53 Å². The molecule has 4 aromatic rings. The van der Waals surface area contributed by atoms with Crippen molar-refractivity contribution in [1.82, 2.24) is 24.6 Å². The molecule has 0 bridgehead atoms. The SMILES string of the molecule is CC(NC(C)(C)C)C(=O)c1cccc(Cl)c1.CCc1nn(CCCN2CCN(c3cccc(Cl)c3)CC2)c(=O)n1CCOc1ccccc1.[LiH]. The van der Waals surface area contributed by atoms with Gasteiger partial charge in [-0.3, -0.25) is 14.3 Å². The van der Waals surface area contributed by atoms with E-state index in [9.17, 15) is 9.59 Å². The fraction of sp³-hybridized carbons (Fsp3) is 0.447. The molecule has 9 nitrogen and oxygen atoms in total. The number of ether oxygens (including phenoxy) is 1. The number of aromatic nitrogens is 3. The Bertz CT molecular complexity index is 1680. The van der Waals surface area contributed by atoms with Crippen LogP contribution in [0, 0.1) is 0 Å². The predicted octanol–water partition coefficient (Wildman–Crippen LogP) is 6.20. The first-order chi connectivity index (χ1) is 23.4. The fourth-order valence-corrected chi connectivity index (χ4v) is 6.22. The molecule has 50 heavy (non-hydrogen) atoms. The van der Waals surface area contributed by atoms with Gasteiger partial charge in [0.15, 0.2) is 5.78 Å². The number of benzene rings is 3. The quantitative estimate of drug-likeness (QED) is 0.130. The molecule has 0 amide bonds. The second kappa shape index (κ2) is 20.1. The van der Waals surface area contributed by atoms with E-state index in [1.165, 1.54) is 5.69 Å². The van der Waals surface area contributed by atoms with Crippen molar-refractivity contribution in [2.45, 2.75) is 72.1 Å². The van der Waals surface area contributed by atoms with Crippen molar-refractivity contribution in [3.8, 4) is 5.75 Å². The van der Waals surface area contributed by atoms with Crippen molar-refractivity contribution in [3.05, 3.63) is 111 Å². The molecule has 1 unspecified atom stereocenters. The average molecular weight is 718 g/mol. The Morgan fingerprint density at radius 2 is 1.56 bits per heavy atom. The molecule has 12 heteroatoms. The molecule has 1 fully saturated rings. The summed E-state index contributed by atoms with van der Waals surface area (Å²) < 4.78 is 9.12. The van der Waals surface area contributed by atoms with Crippen molar-refractivity contribution in [3.63, 3.8) is 0 Å². The summed E-state index contributed by atoms with van der Waals surface area (Å²) in [6, 6.07) is 24.5. The zero-order valence-electron chi connectivity index (χ0n) is 29.4. The molecule has 0 aliphatic carbocycles. The van der Waals surface area contributed by atoms with E-state index in [-0.39, 0.29) is 41.9 Å². The van der Waals surface area contributed by atoms with Gasteiger partial charge in [-0.1, -0.05) is 66.5 Å². The summed E-state index contributed by atoms with van der Waals surface area (Å²) in [7, 11) is 0. The van der Waals surface area contributed by atoms with E-state index in [2.05, 4.69) is 26.3 Å². The summed E-state index contributed by atoms with van der Waals surface area (Å²) in [6.07, 6.45) is 1.62. The van der Waals surface area contributed by atoms with Gasteiger partial charge in [0.2, 0.25) is 0 Å². The second-order valence-corrected chi connectivity index (χ2v) is 14.1. The first-order valence-electron chi connectivity index (χ1n) is 17.1. The Morgan fingerprint density at radius 3 is 2.18 bits per heavy atom. The number of piperazine rings is 1. The molecule has 1 aromatic heterocycles. The van der Waals surface area contributed by atoms with Crippen LogP contribution in [0.2, 0.25) is 10.0 Å². The van der Waals surface area contributed by atoms with E-state index in [0.29, 0.717) is 30.3 Å². The number of nitrogens with one attached hydrogen (secondary N) is 1. The molecule has 0 saturated carbocycles. The maximum atomic E-state index is 12.9. The molecule has 3 aromatic carbocycles. The van der Waals surface area contributed by atoms with E-state index in [1.54, 1.807) is 33.5 Å². The van der Waals surface area contributed by atoms with Crippen LogP contribution in [0.3, 0.4) is 0 Å².